The van der Waals surface area contributed by atoms with Crippen LogP contribution in [0.3, 0.4) is 0 Å². The summed E-state index contributed by atoms with van der Waals surface area (Å²) in [5, 5.41) is 2.90. The Bertz CT molecular complexity index is 1200. The largest absolute Gasteiger partial charge is 0.484 e. The molecule has 3 aromatic rings. The van der Waals surface area contributed by atoms with Gasteiger partial charge in [-0.25, -0.2) is 9.59 Å². The van der Waals surface area contributed by atoms with E-state index in [-0.39, 0.29) is 34.8 Å². The van der Waals surface area contributed by atoms with Gasteiger partial charge in [-0.2, -0.15) is 0 Å². The van der Waals surface area contributed by atoms with Gasteiger partial charge in [-0.15, -0.1) is 11.3 Å². The van der Waals surface area contributed by atoms with Crippen molar-refractivity contribution in [2.45, 2.75) is 40.7 Å². The van der Waals surface area contributed by atoms with Crippen molar-refractivity contribution < 1.29 is 28.6 Å². The van der Waals surface area contributed by atoms with Gasteiger partial charge < -0.3 is 19.5 Å². The van der Waals surface area contributed by atoms with E-state index in [9.17, 15) is 14.4 Å². The normalized spacial score (nSPS) is 10.7. The Kier molecular flexibility index (Phi) is 8.65. The highest BCUT2D eigenvalue weighted by molar-refractivity contribution is 7.18. The zero-order valence-electron chi connectivity index (χ0n) is 20.5. The van der Waals surface area contributed by atoms with Crippen LogP contribution in [0, 0.1) is 13.8 Å². The molecule has 0 bridgehead atoms. The molecular weight excluding hydrogens is 466 g/mol. The summed E-state index contributed by atoms with van der Waals surface area (Å²) in [5.74, 6) is -1.11. The van der Waals surface area contributed by atoms with Gasteiger partial charge >= 0.3 is 11.9 Å². The summed E-state index contributed by atoms with van der Waals surface area (Å²) in [6.07, 6.45) is -0.320. The number of thiophene rings is 1. The van der Waals surface area contributed by atoms with Crippen LogP contribution in [-0.4, -0.2) is 37.2 Å². The van der Waals surface area contributed by atoms with Crippen molar-refractivity contribution in [3.8, 4) is 16.9 Å². The number of aryl methyl sites for hydroxylation is 1. The highest BCUT2D eigenvalue weighted by Crippen LogP contribution is 2.34. The molecule has 0 radical (unpaired) electrons. The van der Waals surface area contributed by atoms with Gasteiger partial charge in [-0.05, 0) is 63.4 Å². The van der Waals surface area contributed by atoms with Crippen molar-refractivity contribution in [1.29, 1.82) is 0 Å². The van der Waals surface area contributed by atoms with E-state index in [1.807, 2.05) is 31.2 Å². The molecule has 0 aliphatic heterocycles. The Labute approximate surface area is 209 Å². The first-order chi connectivity index (χ1) is 16.7. The molecule has 184 valence electrons. The van der Waals surface area contributed by atoms with Gasteiger partial charge in [0.1, 0.15) is 15.6 Å². The molecule has 1 heterocycles. The first-order valence-corrected chi connectivity index (χ1v) is 12.1. The van der Waals surface area contributed by atoms with E-state index in [1.165, 1.54) is 5.56 Å². The lowest BCUT2D eigenvalue weighted by atomic mass is 10.0. The number of ether oxygens (including phenoxy) is 3. The molecule has 0 atom stereocenters. The molecule has 2 aromatic carbocycles. The van der Waals surface area contributed by atoms with Crippen molar-refractivity contribution in [3.63, 3.8) is 0 Å². The summed E-state index contributed by atoms with van der Waals surface area (Å²) in [4.78, 5) is 37.8. The summed E-state index contributed by atoms with van der Waals surface area (Å²) in [6.45, 7) is 8.72. The topological polar surface area (TPSA) is 90.9 Å². The summed E-state index contributed by atoms with van der Waals surface area (Å²) in [7, 11) is 0. The molecule has 0 unspecified atom stereocenters. The Morgan fingerprint density at radius 1 is 0.914 bits per heavy atom. The third-order valence-electron chi connectivity index (χ3n) is 5.02. The monoisotopic (exact) mass is 495 g/mol. The molecule has 0 saturated heterocycles. The molecule has 0 fully saturated rings. The van der Waals surface area contributed by atoms with Crippen LogP contribution in [0.1, 0.15) is 51.9 Å². The molecule has 0 aliphatic carbocycles. The molecule has 35 heavy (non-hydrogen) atoms. The zero-order valence-corrected chi connectivity index (χ0v) is 21.3. The average Bonchev–Trinajstić information content (AvgIpc) is 3.14. The van der Waals surface area contributed by atoms with Crippen molar-refractivity contribution in [2.75, 3.05) is 18.5 Å². The molecule has 8 heteroatoms. The van der Waals surface area contributed by atoms with Crippen LogP contribution in [0.15, 0.2) is 48.5 Å². The maximum atomic E-state index is 12.6. The fourth-order valence-corrected chi connectivity index (χ4v) is 4.41. The SMILES string of the molecule is CCOC(=O)c1c(NC(=O)COc2ccc(-c3ccc(C)cc3)cc2)sc(C(=O)OC(C)C)c1C. The van der Waals surface area contributed by atoms with Crippen molar-refractivity contribution in [3.05, 3.63) is 70.1 Å². The molecule has 0 aliphatic rings. The van der Waals surface area contributed by atoms with E-state index in [1.54, 1.807) is 39.8 Å². The van der Waals surface area contributed by atoms with Crippen LogP contribution in [0.25, 0.3) is 11.1 Å². The number of carbonyl (C=O) groups excluding carboxylic acids is 3. The average molecular weight is 496 g/mol. The number of rotatable bonds is 9. The maximum absolute atomic E-state index is 12.6. The lowest BCUT2D eigenvalue weighted by Crippen LogP contribution is -2.21. The smallest absolute Gasteiger partial charge is 0.348 e. The predicted octanol–water partition coefficient (Wildman–Crippen LogP) is 5.79. The number of nitrogens with one attached hydrogen (secondary N) is 1. The van der Waals surface area contributed by atoms with Gasteiger partial charge in [0.05, 0.1) is 18.3 Å². The molecule has 1 amide bonds. The first-order valence-electron chi connectivity index (χ1n) is 11.3. The Morgan fingerprint density at radius 3 is 2.09 bits per heavy atom. The molecule has 0 spiro atoms. The van der Waals surface area contributed by atoms with Crippen LogP contribution in [-0.2, 0) is 14.3 Å². The fourth-order valence-electron chi connectivity index (χ4n) is 3.31. The number of benzene rings is 2. The Morgan fingerprint density at radius 2 is 1.51 bits per heavy atom. The van der Waals surface area contributed by atoms with Gasteiger partial charge in [0.2, 0.25) is 0 Å². The summed E-state index contributed by atoms with van der Waals surface area (Å²) < 4.78 is 16.0. The molecule has 1 N–H and O–H groups in total. The number of hydrogen-bond acceptors (Lipinski definition) is 7. The van der Waals surface area contributed by atoms with Crippen LogP contribution >= 0.6 is 11.3 Å². The minimum atomic E-state index is -0.618. The summed E-state index contributed by atoms with van der Waals surface area (Å²) in [5.41, 5.74) is 3.86. The fraction of sp³-hybridized carbons (Fsp3) is 0.296. The standard InChI is InChI=1S/C27H29NO6S/c1-6-32-26(30)23-18(5)24(27(31)34-16(2)3)35-25(23)28-22(29)15-33-21-13-11-20(12-14-21)19-9-7-17(4)8-10-19/h7-14,16H,6,15H2,1-5H3,(H,28,29). The van der Waals surface area contributed by atoms with Gasteiger partial charge in [-0.3, -0.25) is 4.79 Å². The van der Waals surface area contributed by atoms with Crippen LogP contribution < -0.4 is 10.1 Å². The van der Waals surface area contributed by atoms with Crippen LogP contribution in [0.2, 0.25) is 0 Å². The second kappa shape index (κ2) is 11.7. The second-order valence-corrected chi connectivity index (χ2v) is 9.18. The summed E-state index contributed by atoms with van der Waals surface area (Å²) in [6, 6.07) is 15.6. The number of carbonyl (C=O) groups is 3. The number of esters is 2. The molecule has 0 saturated carbocycles. The van der Waals surface area contributed by atoms with Gasteiger partial charge in [0.25, 0.3) is 5.91 Å². The van der Waals surface area contributed by atoms with Crippen molar-refractivity contribution in [1.82, 2.24) is 0 Å². The lowest BCUT2D eigenvalue weighted by molar-refractivity contribution is -0.118. The van der Waals surface area contributed by atoms with Crippen molar-refractivity contribution in [2.24, 2.45) is 0 Å². The van der Waals surface area contributed by atoms with E-state index in [4.69, 9.17) is 14.2 Å². The summed E-state index contributed by atoms with van der Waals surface area (Å²) >= 11 is 0.978. The van der Waals surface area contributed by atoms with Crippen LogP contribution in [0.5, 0.6) is 5.75 Å². The molecule has 7 nitrogen and oxygen atoms in total. The molecular formula is C27H29NO6S. The van der Waals surface area contributed by atoms with Crippen LogP contribution in [0.4, 0.5) is 5.00 Å². The third-order valence-corrected chi connectivity index (χ3v) is 6.20. The second-order valence-electron chi connectivity index (χ2n) is 8.16. The first kappa shape index (κ1) is 26.0. The van der Waals surface area contributed by atoms with Gasteiger partial charge in [-0.1, -0.05) is 42.0 Å². The highest BCUT2D eigenvalue weighted by atomic mass is 32.1. The Hall–Kier alpha value is -3.65. The van der Waals surface area contributed by atoms with Crippen molar-refractivity contribution >= 4 is 34.2 Å². The van der Waals surface area contributed by atoms with Gasteiger partial charge in [0.15, 0.2) is 6.61 Å². The number of amides is 1. The lowest BCUT2D eigenvalue weighted by Gasteiger charge is -2.09. The minimum Gasteiger partial charge on any atom is -0.484 e. The molecule has 1 aromatic heterocycles. The number of hydrogen-bond donors (Lipinski definition) is 1. The molecule has 3 rings (SSSR count). The quantitative estimate of drug-likeness (QED) is 0.378. The van der Waals surface area contributed by atoms with E-state index in [0.717, 1.165) is 22.5 Å². The van der Waals surface area contributed by atoms with Gasteiger partial charge in [0, 0.05) is 0 Å². The highest BCUT2D eigenvalue weighted by Gasteiger charge is 2.27. The zero-order chi connectivity index (χ0) is 25.5. The van der Waals surface area contributed by atoms with E-state index in [0.29, 0.717) is 11.3 Å². The minimum absolute atomic E-state index is 0.142. The third kappa shape index (κ3) is 6.70. The van der Waals surface area contributed by atoms with E-state index >= 15 is 0 Å². The van der Waals surface area contributed by atoms with E-state index < -0.39 is 17.8 Å². The number of anilines is 1. The van der Waals surface area contributed by atoms with E-state index in [2.05, 4.69) is 17.4 Å². The predicted molar refractivity (Wildman–Crippen MR) is 136 cm³/mol. The Balaban J connectivity index is 1.70. The maximum Gasteiger partial charge on any atom is 0.348 e.